The molecule has 0 aliphatic heterocycles. The maximum atomic E-state index is 5.93. The van der Waals surface area contributed by atoms with Crippen LogP contribution in [0.1, 0.15) is 18.5 Å². The number of hydrogen-bond donors (Lipinski definition) is 1. The van der Waals surface area contributed by atoms with Gasteiger partial charge in [-0.2, -0.15) is 0 Å². The maximum Gasteiger partial charge on any atom is 0.126 e. The van der Waals surface area contributed by atoms with E-state index >= 15 is 0 Å². The molecule has 0 aromatic heterocycles. The second kappa shape index (κ2) is 5.19. The molecule has 0 heterocycles. The van der Waals surface area contributed by atoms with E-state index in [2.05, 4.69) is 12.1 Å². The third-order valence-electron chi connectivity index (χ3n) is 2.63. The Balaban J connectivity index is 0.00000128. The summed E-state index contributed by atoms with van der Waals surface area (Å²) < 4.78 is 5.32. The van der Waals surface area contributed by atoms with Crippen LogP contribution in [0.3, 0.4) is 0 Å². The van der Waals surface area contributed by atoms with Crippen molar-refractivity contribution in [3.63, 3.8) is 0 Å². The molecule has 86 valence electrons. The monoisotopic (exact) mass is 237 g/mol. The van der Waals surface area contributed by atoms with Gasteiger partial charge in [-0.3, -0.25) is 0 Å². The Bertz CT molecular complexity index is 482. The summed E-state index contributed by atoms with van der Waals surface area (Å²) >= 11 is 0. The van der Waals surface area contributed by atoms with Crippen LogP contribution in [0.15, 0.2) is 36.4 Å². The number of halogens is 1. The minimum atomic E-state index is 0. The lowest BCUT2D eigenvalue weighted by molar-refractivity contribution is 0.419. The lowest BCUT2D eigenvalue weighted by Gasteiger charge is -2.12. The predicted molar refractivity (Wildman–Crippen MR) is 70.4 cm³/mol. The third kappa shape index (κ3) is 2.13. The van der Waals surface area contributed by atoms with Gasteiger partial charge in [0.15, 0.2) is 0 Å². The SMILES string of the molecule is COc1ccc([C@H](C)N)c2ccccc12.Cl. The predicted octanol–water partition coefficient (Wildman–Crippen LogP) is 3.29. The van der Waals surface area contributed by atoms with Crippen molar-refractivity contribution in [2.75, 3.05) is 7.11 Å². The van der Waals surface area contributed by atoms with Gasteiger partial charge in [-0.15, -0.1) is 12.4 Å². The Morgan fingerprint density at radius 1 is 1.06 bits per heavy atom. The third-order valence-corrected chi connectivity index (χ3v) is 2.63. The van der Waals surface area contributed by atoms with E-state index in [0.717, 1.165) is 16.7 Å². The molecule has 0 amide bonds. The van der Waals surface area contributed by atoms with E-state index < -0.39 is 0 Å². The van der Waals surface area contributed by atoms with Gasteiger partial charge >= 0.3 is 0 Å². The minimum absolute atomic E-state index is 0. The summed E-state index contributed by atoms with van der Waals surface area (Å²) in [5.41, 5.74) is 7.09. The highest BCUT2D eigenvalue weighted by Gasteiger charge is 2.08. The molecule has 0 bridgehead atoms. The largest absolute Gasteiger partial charge is 0.496 e. The fourth-order valence-corrected chi connectivity index (χ4v) is 1.87. The molecule has 0 aliphatic carbocycles. The summed E-state index contributed by atoms with van der Waals surface area (Å²) in [4.78, 5) is 0. The van der Waals surface area contributed by atoms with Crippen molar-refractivity contribution < 1.29 is 4.74 Å². The highest BCUT2D eigenvalue weighted by molar-refractivity contribution is 5.91. The molecular formula is C13H16ClNO. The van der Waals surface area contributed by atoms with E-state index in [1.807, 2.05) is 31.2 Å². The lowest BCUT2D eigenvalue weighted by atomic mass is 9.99. The van der Waals surface area contributed by atoms with Crippen LogP contribution in [0.25, 0.3) is 10.8 Å². The fourth-order valence-electron chi connectivity index (χ4n) is 1.87. The van der Waals surface area contributed by atoms with Gasteiger partial charge < -0.3 is 10.5 Å². The number of fused-ring (bicyclic) bond motifs is 1. The summed E-state index contributed by atoms with van der Waals surface area (Å²) in [5, 5.41) is 2.29. The van der Waals surface area contributed by atoms with Gasteiger partial charge in [-0.25, -0.2) is 0 Å². The van der Waals surface area contributed by atoms with Crippen LogP contribution < -0.4 is 10.5 Å². The first-order chi connectivity index (χ1) is 7.24. The number of hydrogen-bond acceptors (Lipinski definition) is 2. The second-order valence-electron chi connectivity index (χ2n) is 3.69. The van der Waals surface area contributed by atoms with Crippen LogP contribution in [0.5, 0.6) is 5.75 Å². The highest BCUT2D eigenvalue weighted by atomic mass is 35.5. The van der Waals surface area contributed by atoms with Crippen molar-refractivity contribution in [2.24, 2.45) is 5.73 Å². The number of ether oxygens (including phenoxy) is 1. The zero-order valence-electron chi connectivity index (χ0n) is 9.44. The van der Waals surface area contributed by atoms with Gasteiger partial charge in [0.25, 0.3) is 0 Å². The van der Waals surface area contributed by atoms with Gasteiger partial charge in [0, 0.05) is 11.4 Å². The van der Waals surface area contributed by atoms with Gasteiger partial charge in [-0.1, -0.05) is 30.3 Å². The average Bonchev–Trinajstić information content (AvgIpc) is 2.27. The smallest absolute Gasteiger partial charge is 0.126 e. The molecule has 2 nitrogen and oxygen atoms in total. The van der Waals surface area contributed by atoms with E-state index in [9.17, 15) is 0 Å². The molecule has 0 fully saturated rings. The average molecular weight is 238 g/mol. The van der Waals surface area contributed by atoms with E-state index in [0.29, 0.717) is 0 Å². The molecule has 0 saturated heterocycles. The Kier molecular flexibility index (Phi) is 4.16. The Morgan fingerprint density at radius 2 is 1.69 bits per heavy atom. The molecular weight excluding hydrogens is 222 g/mol. The van der Waals surface area contributed by atoms with Crippen molar-refractivity contribution in [1.29, 1.82) is 0 Å². The molecule has 2 aromatic carbocycles. The van der Waals surface area contributed by atoms with E-state index in [4.69, 9.17) is 10.5 Å². The molecule has 0 saturated carbocycles. The summed E-state index contributed by atoms with van der Waals surface area (Å²) in [6.07, 6.45) is 0. The molecule has 1 atom stereocenters. The highest BCUT2D eigenvalue weighted by Crippen LogP contribution is 2.30. The number of methoxy groups -OCH3 is 1. The fraction of sp³-hybridized carbons (Fsp3) is 0.231. The van der Waals surface area contributed by atoms with Crippen LogP contribution in [0.2, 0.25) is 0 Å². The van der Waals surface area contributed by atoms with Crippen LogP contribution in [-0.4, -0.2) is 7.11 Å². The molecule has 3 heteroatoms. The van der Waals surface area contributed by atoms with Crippen molar-refractivity contribution in [3.05, 3.63) is 42.0 Å². The molecule has 0 radical (unpaired) electrons. The van der Waals surface area contributed by atoms with Crippen molar-refractivity contribution in [1.82, 2.24) is 0 Å². The summed E-state index contributed by atoms with van der Waals surface area (Å²) in [5.74, 6) is 0.898. The molecule has 16 heavy (non-hydrogen) atoms. The van der Waals surface area contributed by atoms with Crippen LogP contribution in [0.4, 0.5) is 0 Å². The van der Waals surface area contributed by atoms with Gasteiger partial charge in [0.2, 0.25) is 0 Å². The normalized spacial score (nSPS) is 11.9. The molecule has 2 rings (SSSR count). The second-order valence-corrected chi connectivity index (χ2v) is 3.69. The van der Waals surface area contributed by atoms with E-state index in [-0.39, 0.29) is 18.4 Å². The summed E-state index contributed by atoms with van der Waals surface area (Å²) in [7, 11) is 1.69. The first-order valence-corrected chi connectivity index (χ1v) is 5.05. The zero-order valence-corrected chi connectivity index (χ0v) is 10.3. The van der Waals surface area contributed by atoms with E-state index in [1.165, 1.54) is 5.39 Å². The number of nitrogens with two attached hydrogens (primary N) is 1. The minimum Gasteiger partial charge on any atom is -0.496 e. The Hall–Kier alpha value is -1.25. The molecule has 0 aliphatic rings. The first-order valence-electron chi connectivity index (χ1n) is 5.05. The summed E-state index contributed by atoms with van der Waals surface area (Å²) in [6.45, 7) is 1.99. The molecule has 2 aromatic rings. The number of rotatable bonds is 2. The van der Waals surface area contributed by atoms with Crippen molar-refractivity contribution in [3.8, 4) is 5.75 Å². The van der Waals surface area contributed by atoms with Gasteiger partial charge in [-0.05, 0) is 23.9 Å². The standard InChI is InChI=1S/C13H15NO.ClH/c1-9(14)10-7-8-13(15-2)12-6-4-3-5-11(10)12;/h3-9H,14H2,1-2H3;1H/t9-;/m0./s1. The molecule has 2 N–H and O–H groups in total. The van der Waals surface area contributed by atoms with Crippen LogP contribution in [0, 0.1) is 0 Å². The Labute approximate surface area is 102 Å². The topological polar surface area (TPSA) is 35.2 Å². The quantitative estimate of drug-likeness (QED) is 0.870. The Morgan fingerprint density at radius 3 is 2.25 bits per heavy atom. The first kappa shape index (κ1) is 12.8. The zero-order chi connectivity index (χ0) is 10.8. The molecule has 0 spiro atoms. The molecule has 0 unspecified atom stereocenters. The van der Waals surface area contributed by atoms with E-state index in [1.54, 1.807) is 7.11 Å². The van der Waals surface area contributed by atoms with Gasteiger partial charge in [0.05, 0.1) is 7.11 Å². The summed E-state index contributed by atoms with van der Waals surface area (Å²) in [6, 6.07) is 12.2. The lowest BCUT2D eigenvalue weighted by Crippen LogP contribution is -2.05. The van der Waals surface area contributed by atoms with Crippen molar-refractivity contribution in [2.45, 2.75) is 13.0 Å². The maximum absolute atomic E-state index is 5.93. The van der Waals surface area contributed by atoms with Gasteiger partial charge in [0.1, 0.15) is 5.75 Å². The van der Waals surface area contributed by atoms with Crippen LogP contribution in [-0.2, 0) is 0 Å². The van der Waals surface area contributed by atoms with Crippen molar-refractivity contribution >= 4 is 23.2 Å². The number of benzene rings is 2. The van der Waals surface area contributed by atoms with Crippen LogP contribution >= 0.6 is 12.4 Å².